The maximum atomic E-state index is 5.94. The molecule has 0 radical (unpaired) electrons. The average molecular weight is 288 g/mol. The highest BCUT2D eigenvalue weighted by atomic mass is 16.6. The standard InChI is InChI=1S/C19H28O2/c1-3-4-5-6-7-8-9-12-17-13-10-11-14-18(17)20-15-19(2)16-21-19/h5-6,10-11,13-14H,3-4,7-9,12,15-16H2,1-2H3/b6-5+. The summed E-state index contributed by atoms with van der Waals surface area (Å²) in [6.07, 6.45) is 11.8. The van der Waals surface area contributed by atoms with E-state index in [2.05, 4.69) is 44.2 Å². The van der Waals surface area contributed by atoms with E-state index in [1.807, 2.05) is 6.07 Å². The summed E-state index contributed by atoms with van der Waals surface area (Å²) >= 11 is 0. The summed E-state index contributed by atoms with van der Waals surface area (Å²) in [5.74, 6) is 1.02. The van der Waals surface area contributed by atoms with Crippen LogP contribution in [-0.2, 0) is 11.2 Å². The van der Waals surface area contributed by atoms with E-state index >= 15 is 0 Å². The minimum Gasteiger partial charge on any atom is -0.490 e. The molecule has 2 nitrogen and oxygen atoms in total. The zero-order valence-electron chi connectivity index (χ0n) is 13.4. The molecule has 0 aliphatic carbocycles. The van der Waals surface area contributed by atoms with E-state index in [0.717, 1.165) is 18.8 Å². The van der Waals surface area contributed by atoms with E-state index < -0.39 is 0 Å². The molecule has 1 aromatic rings. The van der Waals surface area contributed by atoms with Gasteiger partial charge in [0.15, 0.2) is 0 Å². The molecule has 1 saturated heterocycles. The molecule has 21 heavy (non-hydrogen) atoms. The van der Waals surface area contributed by atoms with Gasteiger partial charge in [0.1, 0.15) is 18.0 Å². The summed E-state index contributed by atoms with van der Waals surface area (Å²) in [4.78, 5) is 0. The largest absolute Gasteiger partial charge is 0.490 e. The maximum Gasteiger partial charge on any atom is 0.123 e. The molecule has 1 aromatic carbocycles. The number of hydrogen-bond acceptors (Lipinski definition) is 2. The van der Waals surface area contributed by atoms with Gasteiger partial charge in [0, 0.05) is 0 Å². The van der Waals surface area contributed by atoms with Gasteiger partial charge in [0.2, 0.25) is 0 Å². The van der Waals surface area contributed by atoms with Crippen molar-refractivity contribution in [1.82, 2.24) is 0 Å². The molecule has 0 amide bonds. The van der Waals surface area contributed by atoms with Crippen molar-refractivity contribution in [1.29, 1.82) is 0 Å². The molecule has 116 valence electrons. The van der Waals surface area contributed by atoms with Crippen LogP contribution in [0.1, 0.15) is 51.5 Å². The topological polar surface area (TPSA) is 21.8 Å². The molecular weight excluding hydrogens is 260 g/mol. The summed E-state index contributed by atoms with van der Waals surface area (Å²) in [5.41, 5.74) is 1.27. The molecule has 1 aliphatic rings. The van der Waals surface area contributed by atoms with Gasteiger partial charge in [-0.2, -0.15) is 0 Å². The minimum absolute atomic E-state index is 0.0445. The molecular formula is C19H28O2. The summed E-state index contributed by atoms with van der Waals surface area (Å²) in [5, 5.41) is 0. The van der Waals surface area contributed by atoms with Crippen LogP contribution >= 0.6 is 0 Å². The highest BCUT2D eigenvalue weighted by Gasteiger charge is 2.40. The zero-order chi connectivity index (χ0) is 15.0. The third-order valence-corrected chi connectivity index (χ3v) is 3.83. The molecule has 1 atom stereocenters. The van der Waals surface area contributed by atoms with Gasteiger partial charge in [-0.25, -0.2) is 0 Å². The Kier molecular flexibility index (Phi) is 6.31. The first-order chi connectivity index (χ1) is 10.2. The van der Waals surface area contributed by atoms with E-state index in [1.54, 1.807) is 0 Å². The Morgan fingerprint density at radius 2 is 1.95 bits per heavy atom. The molecule has 1 aliphatic heterocycles. The Morgan fingerprint density at radius 1 is 1.19 bits per heavy atom. The first-order valence-corrected chi connectivity index (χ1v) is 8.23. The Balaban J connectivity index is 1.72. The van der Waals surface area contributed by atoms with Crippen LogP contribution in [0, 0.1) is 0 Å². The van der Waals surface area contributed by atoms with Gasteiger partial charge >= 0.3 is 0 Å². The minimum atomic E-state index is -0.0445. The SMILES string of the molecule is CCC/C=C/CCCCc1ccccc1OCC1(C)CO1. The lowest BCUT2D eigenvalue weighted by Crippen LogP contribution is -2.17. The van der Waals surface area contributed by atoms with E-state index in [-0.39, 0.29) is 5.60 Å². The molecule has 2 rings (SSSR count). The van der Waals surface area contributed by atoms with E-state index in [9.17, 15) is 0 Å². The molecule has 1 heterocycles. The summed E-state index contributed by atoms with van der Waals surface area (Å²) < 4.78 is 11.3. The van der Waals surface area contributed by atoms with Crippen LogP contribution in [-0.4, -0.2) is 18.8 Å². The molecule has 2 heteroatoms. The second-order valence-corrected chi connectivity index (χ2v) is 6.14. The molecule has 1 fully saturated rings. The highest BCUT2D eigenvalue weighted by molar-refractivity contribution is 5.33. The summed E-state index contributed by atoms with van der Waals surface area (Å²) in [6, 6.07) is 8.39. The number of ether oxygens (including phenoxy) is 2. The van der Waals surface area contributed by atoms with Gasteiger partial charge < -0.3 is 9.47 Å². The predicted octanol–water partition coefficient (Wildman–Crippen LogP) is 4.92. The van der Waals surface area contributed by atoms with Crippen LogP contribution in [0.25, 0.3) is 0 Å². The number of epoxide rings is 1. The number of benzene rings is 1. The lowest BCUT2D eigenvalue weighted by molar-refractivity contribution is 0.201. The van der Waals surface area contributed by atoms with Crippen molar-refractivity contribution >= 4 is 0 Å². The van der Waals surface area contributed by atoms with Crippen molar-refractivity contribution in [2.45, 2.75) is 58.0 Å². The van der Waals surface area contributed by atoms with Gasteiger partial charge in [0.05, 0.1) is 6.61 Å². The van der Waals surface area contributed by atoms with Crippen molar-refractivity contribution in [3.63, 3.8) is 0 Å². The van der Waals surface area contributed by atoms with Crippen molar-refractivity contribution in [3.8, 4) is 5.75 Å². The van der Waals surface area contributed by atoms with E-state index in [1.165, 1.54) is 37.7 Å². The Hall–Kier alpha value is -1.28. The fourth-order valence-electron chi connectivity index (χ4n) is 2.27. The monoisotopic (exact) mass is 288 g/mol. The van der Waals surface area contributed by atoms with Crippen molar-refractivity contribution < 1.29 is 9.47 Å². The van der Waals surface area contributed by atoms with Crippen LogP contribution in [0.5, 0.6) is 5.75 Å². The van der Waals surface area contributed by atoms with Gasteiger partial charge in [-0.3, -0.25) is 0 Å². The first kappa shape index (κ1) is 16.1. The van der Waals surface area contributed by atoms with Crippen LogP contribution in [0.4, 0.5) is 0 Å². The Labute approximate surface area is 129 Å². The Morgan fingerprint density at radius 3 is 2.71 bits per heavy atom. The normalized spacial score (nSPS) is 20.9. The quantitative estimate of drug-likeness (QED) is 0.346. The van der Waals surface area contributed by atoms with Crippen LogP contribution in [0.3, 0.4) is 0 Å². The van der Waals surface area contributed by atoms with Crippen LogP contribution in [0.2, 0.25) is 0 Å². The molecule has 0 aromatic heterocycles. The number of aryl methyl sites for hydroxylation is 1. The smallest absolute Gasteiger partial charge is 0.123 e. The lowest BCUT2D eigenvalue weighted by Gasteiger charge is -2.13. The van der Waals surface area contributed by atoms with Crippen molar-refractivity contribution in [2.75, 3.05) is 13.2 Å². The summed E-state index contributed by atoms with van der Waals surface area (Å²) in [7, 11) is 0. The lowest BCUT2D eigenvalue weighted by atomic mass is 10.1. The van der Waals surface area contributed by atoms with Crippen molar-refractivity contribution in [3.05, 3.63) is 42.0 Å². The van der Waals surface area contributed by atoms with Crippen LogP contribution in [0.15, 0.2) is 36.4 Å². The van der Waals surface area contributed by atoms with E-state index in [0.29, 0.717) is 6.61 Å². The second kappa shape index (κ2) is 8.23. The number of unbranched alkanes of at least 4 members (excludes halogenated alkanes) is 3. The molecule has 0 bridgehead atoms. The van der Waals surface area contributed by atoms with Gasteiger partial charge in [-0.1, -0.05) is 43.7 Å². The van der Waals surface area contributed by atoms with E-state index in [4.69, 9.17) is 9.47 Å². The second-order valence-electron chi connectivity index (χ2n) is 6.14. The molecule has 0 saturated carbocycles. The molecule has 1 unspecified atom stereocenters. The average Bonchev–Trinajstić information content (AvgIpc) is 3.23. The van der Waals surface area contributed by atoms with Gasteiger partial charge in [-0.05, 0) is 50.7 Å². The number of rotatable bonds is 10. The Bertz CT molecular complexity index is 447. The van der Waals surface area contributed by atoms with Gasteiger partial charge in [0.25, 0.3) is 0 Å². The van der Waals surface area contributed by atoms with Crippen LogP contribution < -0.4 is 4.74 Å². The van der Waals surface area contributed by atoms with Crippen molar-refractivity contribution in [2.24, 2.45) is 0 Å². The van der Waals surface area contributed by atoms with Gasteiger partial charge in [-0.15, -0.1) is 0 Å². The predicted molar refractivity (Wildman–Crippen MR) is 87.9 cm³/mol. The molecule has 0 spiro atoms. The molecule has 0 N–H and O–H groups in total. The maximum absolute atomic E-state index is 5.94. The zero-order valence-corrected chi connectivity index (χ0v) is 13.4. The number of hydrogen-bond donors (Lipinski definition) is 0. The summed E-state index contributed by atoms with van der Waals surface area (Å²) in [6.45, 7) is 5.79. The fraction of sp³-hybridized carbons (Fsp3) is 0.579. The third-order valence-electron chi connectivity index (χ3n) is 3.83. The first-order valence-electron chi connectivity index (χ1n) is 8.23. The number of allylic oxidation sites excluding steroid dienone is 2. The fourth-order valence-corrected chi connectivity index (χ4v) is 2.27. The third kappa shape index (κ3) is 5.92. The number of para-hydroxylation sites is 1. The highest BCUT2D eigenvalue weighted by Crippen LogP contribution is 2.28.